The largest absolute Gasteiger partial charge is 0.355 e. The molecular weight excluding hydrogens is 268 g/mol. The predicted octanol–water partition coefficient (Wildman–Crippen LogP) is 2.01. The van der Waals surface area contributed by atoms with E-state index in [1.54, 1.807) is 0 Å². The molecule has 2 aliphatic heterocycles. The van der Waals surface area contributed by atoms with Crippen LogP contribution in [0.2, 0.25) is 0 Å². The number of piperidine rings is 1. The molecule has 0 aromatic carbocycles. The number of rotatable bonds is 2. The van der Waals surface area contributed by atoms with Crippen LogP contribution in [-0.2, 0) is 0 Å². The quantitative estimate of drug-likeness (QED) is 0.903. The van der Waals surface area contributed by atoms with Crippen LogP contribution in [0.15, 0.2) is 6.20 Å². The Hall–Kier alpha value is -0.810. The maximum atomic E-state index is 4.68. The standard InChI is InChI=1S/C15H24N4S/c1-11-9-17-12(2)15(18-11)19-6-3-13(4-7-19)14-10-16-5-8-20-14/h9,13-14,16H,3-8,10H2,1-2H3. The van der Waals surface area contributed by atoms with Gasteiger partial charge in [-0.1, -0.05) is 0 Å². The third kappa shape index (κ3) is 3.09. The van der Waals surface area contributed by atoms with Crippen molar-refractivity contribution >= 4 is 17.6 Å². The van der Waals surface area contributed by atoms with Gasteiger partial charge in [-0.05, 0) is 32.6 Å². The van der Waals surface area contributed by atoms with Gasteiger partial charge in [0.05, 0.1) is 11.4 Å². The molecule has 0 aliphatic carbocycles. The van der Waals surface area contributed by atoms with E-state index in [4.69, 9.17) is 0 Å². The van der Waals surface area contributed by atoms with Crippen molar-refractivity contribution < 1.29 is 0 Å². The summed E-state index contributed by atoms with van der Waals surface area (Å²) in [6.45, 7) is 8.71. The maximum Gasteiger partial charge on any atom is 0.150 e. The number of aryl methyl sites for hydroxylation is 2. The number of anilines is 1. The lowest BCUT2D eigenvalue weighted by Crippen LogP contribution is -2.43. The molecule has 1 atom stereocenters. The van der Waals surface area contributed by atoms with Gasteiger partial charge in [0.2, 0.25) is 0 Å². The van der Waals surface area contributed by atoms with Crippen LogP contribution in [0.1, 0.15) is 24.2 Å². The molecule has 5 heteroatoms. The maximum absolute atomic E-state index is 4.68. The summed E-state index contributed by atoms with van der Waals surface area (Å²) in [5.74, 6) is 3.23. The Morgan fingerprint density at radius 2 is 2.10 bits per heavy atom. The van der Waals surface area contributed by atoms with Gasteiger partial charge in [0.1, 0.15) is 5.82 Å². The van der Waals surface area contributed by atoms with Crippen molar-refractivity contribution in [3.05, 3.63) is 17.6 Å². The highest BCUT2D eigenvalue weighted by molar-refractivity contribution is 8.00. The molecular formula is C15H24N4S. The minimum Gasteiger partial charge on any atom is -0.355 e. The molecule has 1 aromatic rings. The molecule has 3 rings (SSSR count). The van der Waals surface area contributed by atoms with Crippen molar-refractivity contribution in [2.45, 2.75) is 31.9 Å². The molecule has 0 bridgehead atoms. The van der Waals surface area contributed by atoms with Gasteiger partial charge in [0.15, 0.2) is 0 Å². The van der Waals surface area contributed by atoms with E-state index in [1.807, 2.05) is 13.1 Å². The minimum atomic E-state index is 0.815. The second kappa shape index (κ2) is 6.31. The van der Waals surface area contributed by atoms with E-state index in [1.165, 1.54) is 31.7 Å². The third-order valence-corrected chi connectivity index (χ3v) is 5.79. The second-order valence-corrected chi connectivity index (χ2v) is 7.21. The zero-order chi connectivity index (χ0) is 13.9. The molecule has 110 valence electrons. The van der Waals surface area contributed by atoms with Crippen molar-refractivity contribution in [2.75, 3.05) is 36.8 Å². The van der Waals surface area contributed by atoms with Gasteiger partial charge < -0.3 is 10.2 Å². The Morgan fingerprint density at radius 1 is 1.30 bits per heavy atom. The Labute approximate surface area is 125 Å². The molecule has 1 unspecified atom stereocenters. The molecule has 0 spiro atoms. The number of nitrogens with zero attached hydrogens (tertiary/aromatic N) is 3. The number of nitrogens with one attached hydrogen (secondary N) is 1. The first-order valence-corrected chi connectivity index (χ1v) is 8.66. The lowest BCUT2D eigenvalue weighted by atomic mass is 9.93. The van der Waals surface area contributed by atoms with Gasteiger partial charge in [0.25, 0.3) is 0 Å². The molecule has 0 radical (unpaired) electrons. The van der Waals surface area contributed by atoms with E-state index < -0.39 is 0 Å². The monoisotopic (exact) mass is 292 g/mol. The third-order valence-electron chi connectivity index (χ3n) is 4.37. The molecule has 0 saturated carbocycles. The highest BCUT2D eigenvalue weighted by Crippen LogP contribution is 2.31. The van der Waals surface area contributed by atoms with Crippen molar-refractivity contribution in [2.24, 2.45) is 5.92 Å². The number of hydrogen-bond donors (Lipinski definition) is 1. The molecule has 3 heterocycles. The molecule has 2 fully saturated rings. The smallest absolute Gasteiger partial charge is 0.150 e. The summed E-state index contributed by atoms with van der Waals surface area (Å²) in [5, 5.41) is 4.35. The van der Waals surface area contributed by atoms with Crippen LogP contribution in [0.3, 0.4) is 0 Å². The summed E-state index contributed by atoms with van der Waals surface area (Å²) in [5.41, 5.74) is 2.07. The lowest BCUT2D eigenvalue weighted by Gasteiger charge is -2.38. The van der Waals surface area contributed by atoms with Gasteiger partial charge in [0, 0.05) is 43.4 Å². The Bertz CT molecular complexity index is 451. The summed E-state index contributed by atoms with van der Waals surface area (Å²) < 4.78 is 0. The van der Waals surface area contributed by atoms with Crippen LogP contribution in [0, 0.1) is 19.8 Å². The normalized spacial score (nSPS) is 24.9. The van der Waals surface area contributed by atoms with Crippen molar-refractivity contribution in [3.63, 3.8) is 0 Å². The summed E-state index contributed by atoms with van der Waals surface area (Å²) in [6.07, 6.45) is 4.43. The fraction of sp³-hybridized carbons (Fsp3) is 0.733. The zero-order valence-electron chi connectivity index (χ0n) is 12.4. The van der Waals surface area contributed by atoms with E-state index in [9.17, 15) is 0 Å². The van der Waals surface area contributed by atoms with Crippen LogP contribution in [0.5, 0.6) is 0 Å². The summed E-state index contributed by atoms with van der Waals surface area (Å²) in [7, 11) is 0. The average molecular weight is 292 g/mol. The van der Waals surface area contributed by atoms with Gasteiger partial charge in [-0.25, -0.2) is 4.98 Å². The SMILES string of the molecule is Cc1cnc(C)c(N2CCC(C3CNCCS3)CC2)n1. The first kappa shape index (κ1) is 14.1. The summed E-state index contributed by atoms with van der Waals surface area (Å²) in [4.78, 5) is 11.5. The fourth-order valence-corrected chi connectivity index (χ4v) is 4.54. The van der Waals surface area contributed by atoms with Crippen LogP contribution < -0.4 is 10.2 Å². The van der Waals surface area contributed by atoms with E-state index in [-0.39, 0.29) is 0 Å². The van der Waals surface area contributed by atoms with Gasteiger partial charge >= 0.3 is 0 Å². The minimum absolute atomic E-state index is 0.815. The molecule has 2 saturated heterocycles. The zero-order valence-corrected chi connectivity index (χ0v) is 13.2. The van der Waals surface area contributed by atoms with Crippen molar-refractivity contribution in [3.8, 4) is 0 Å². The number of aromatic nitrogens is 2. The van der Waals surface area contributed by atoms with Crippen LogP contribution in [0.25, 0.3) is 0 Å². The molecule has 4 nitrogen and oxygen atoms in total. The van der Waals surface area contributed by atoms with E-state index in [0.717, 1.165) is 41.5 Å². The first-order chi connectivity index (χ1) is 9.74. The highest BCUT2D eigenvalue weighted by atomic mass is 32.2. The predicted molar refractivity (Wildman–Crippen MR) is 85.6 cm³/mol. The molecule has 0 amide bonds. The molecule has 1 aromatic heterocycles. The van der Waals surface area contributed by atoms with Crippen molar-refractivity contribution in [1.82, 2.24) is 15.3 Å². The summed E-state index contributed by atoms with van der Waals surface area (Å²) >= 11 is 2.16. The van der Waals surface area contributed by atoms with E-state index >= 15 is 0 Å². The van der Waals surface area contributed by atoms with Crippen LogP contribution >= 0.6 is 11.8 Å². The van der Waals surface area contributed by atoms with Gasteiger partial charge in [-0.2, -0.15) is 11.8 Å². The van der Waals surface area contributed by atoms with E-state index in [2.05, 4.69) is 38.9 Å². The van der Waals surface area contributed by atoms with Gasteiger partial charge in [-0.15, -0.1) is 0 Å². The lowest BCUT2D eigenvalue weighted by molar-refractivity contribution is 0.379. The molecule has 1 N–H and O–H groups in total. The molecule has 20 heavy (non-hydrogen) atoms. The van der Waals surface area contributed by atoms with Crippen LogP contribution in [0.4, 0.5) is 5.82 Å². The fourth-order valence-electron chi connectivity index (χ4n) is 3.20. The second-order valence-electron chi connectivity index (χ2n) is 5.86. The topological polar surface area (TPSA) is 41.1 Å². The number of thioether (sulfide) groups is 1. The van der Waals surface area contributed by atoms with Crippen LogP contribution in [-0.4, -0.2) is 47.1 Å². The van der Waals surface area contributed by atoms with Gasteiger partial charge in [-0.3, -0.25) is 4.98 Å². The Kier molecular flexibility index (Phi) is 4.46. The average Bonchev–Trinajstić information content (AvgIpc) is 2.51. The highest BCUT2D eigenvalue weighted by Gasteiger charge is 2.29. The Morgan fingerprint density at radius 3 is 2.80 bits per heavy atom. The first-order valence-electron chi connectivity index (χ1n) is 7.61. The Balaban J connectivity index is 1.61. The number of hydrogen-bond acceptors (Lipinski definition) is 5. The van der Waals surface area contributed by atoms with E-state index in [0.29, 0.717) is 0 Å². The van der Waals surface area contributed by atoms with Crippen molar-refractivity contribution in [1.29, 1.82) is 0 Å². The summed E-state index contributed by atoms with van der Waals surface area (Å²) in [6, 6.07) is 0. The molecule has 2 aliphatic rings.